The van der Waals surface area contributed by atoms with Crippen molar-refractivity contribution in [3.8, 4) is 0 Å². The average Bonchev–Trinajstić information content (AvgIpc) is 2.82. The molecule has 180 valence electrons. The minimum Gasteiger partial charge on any atom is -0.394 e. The van der Waals surface area contributed by atoms with E-state index in [1.54, 1.807) is 0 Å². The van der Waals surface area contributed by atoms with E-state index in [-0.39, 0.29) is 6.61 Å². The van der Waals surface area contributed by atoms with E-state index in [2.05, 4.69) is 0 Å². The van der Waals surface area contributed by atoms with Crippen LogP contribution in [0.2, 0.25) is 0 Å². The first-order chi connectivity index (χ1) is 15.4. The van der Waals surface area contributed by atoms with E-state index in [0.29, 0.717) is 5.75 Å². The Kier molecular flexibility index (Phi) is 8.06. The van der Waals surface area contributed by atoms with E-state index in [9.17, 15) is 25.5 Å². The molecule has 3 heterocycles. The number of ether oxygens (including phenoxy) is 5. The van der Waals surface area contributed by atoms with Crippen LogP contribution in [0, 0.1) is 0 Å². The average molecular weight is 475 g/mol. The van der Waals surface area contributed by atoms with Crippen LogP contribution < -0.4 is 0 Å². The molecule has 11 atom stereocenters. The lowest BCUT2D eigenvalue weighted by Gasteiger charge is -2.48. The Hall–Kier alpha value is -0.830. The molecule has 11 heteroatoms. The minimum atomic E-state index is -1.50. The minimum absolute atomic E-state index is 0.0822. The Morgan fingerprint density at radius 2 is 1.72 bits per heavy atom. The van der Waals surface area contributed by atoms with Crippen LogP contribution in [0.4, 0.5) is 0 Å². The van der Waals surface area contributed by atoms with E-state index in [4.69, 9.17) is 23.7 Å². The number of benzene rings is 1. The van der Waals surface area contributed by atoms with Crippen LogP contribution >= 0.6 is 11.8 Å². The van der Waals surface area contributed by atoms with Gasteiger partial charge in [-0.25, -0.2) is 0 Å². The van der Waals surface area contributed by atoms with Gasteiger partial charge in [-0.05, 0) is 5.75 Å². The highest BCUT2D eigenvalue weighted by Crippen LogP contribution is 2.36. The van der Waals surface area contributed by atoms with Crippen LogP contribution in [0.1, 0.15) is 18.8 Å². The molecule has 0 bridgehead atoms. The lowest BCUT2D eigenvalue weighted by molar-refractivity contribution is -0.377. The van der Waals surface area contributed by atoms with Gasteiger partial charge in [0.25, 0.3) is 0 Å². The first kappa shape index (κ1) is 24.3. The molecule has 1 unspecified atom stereocenters. The highest BCUT2D eigenvalue weighted by molar-refractivity contribution is 7.99. The molecule has 5 N–H and O–H groups in total. The number of rotatable bonds is 6. The Bertz CT molecular complexity index is 722. The maximum Gasteiger partial charge on any atom is 0.187 e. The monoisotopic (exact) mass is 474 g/mol. The van der Waals surface area contributed by atoms with Crippen LogP contribution in [-0.4, -0.2) is 105 Å². The second-order valence-electron chi connectivity index (χ2n) is 7.96. The van der Waals surface area contributed by atoms with Gasteiger partial charge in [0.05, 0.1) is 13.2 Å². The summed E-state index contributed by atoms with van der Waals surface area (Å²) in [6.07, 6.45) is -11.3. The molecule has 1 aromatic rings. The van der Waals surface area contributed by atoms with Crippen molar-refractivity contribution in [1.82, 2.24) is 0 Å². The molecule has 32 heavy (non-hydrogen) atoms. The zero-order valence-corrected chi connectivity index (χ0v) is 18.4. The molecular formula is C21H30O10S. The largest absolute Gasteiger partial charge is 0.394 e. The maximum absolute atomic E-state index is 10.7. The number of hydrogen-bond donors (Lipinski definition) is 5. The second kappa shape index (κ2) is 10.6. The summed E-state index contributed by atoms with van der Waals surface area (Å²) >= 11 is 1.29. The van der Waals surface area contributed by atoms with Crippen LogP contribution in [0.5, 0.6) is 0 Å². The fraction of sp³-hybridized carbons (Fsp3) is 0.714. The van der Waals surface area contributed by atoms with Crippen molar-refractivity contribution in [2.75, 3.05) is 19.0 Å². The summed E-state index contributed by atoms with van der Waals surface area (Å²) in [5.74, 6) is 0.641. The topological polar surface area (TPSA) is 147 Å². The van der Waals surface area contributed by atoms with Gasteiger partial charge in [0, 0.05) is 5.56 Å². The molecule has 0 amide bonds. The molecule has 0 spiro atoms. The Labute approximate surface area is 190 Å². The Morgan fingerprint density at radius 3 is 2.41 bits per heavy atom. The third kappa shape index (κ3) is 4.84. The maximum atomic E-state index is 10.7. The molecule has 3 saturated heterocycles. The molecular weight excluding hydrogens is 444 g/mol. The van der Waals surface area contributed by atoms with Gasteiger partial charge in [-0.15, -0.1) is 11.8 Å². The third-order valence-corrected chi connectivity index (χ3v) is 6.90. The van der Waals surface area contributed by atoms with Crippen LogP contribution in [0.15, 0.2) is 30.3 Å². The zero-order valence-electron chi connectivity index (χ0n) is 17.5. The molecule has 3 fully saturated rings. The number of aliphatic hydroxyl groups excluding tert-OH is 5. The molecule has 0 radical (unpaired) electrons. The summed E-state index contributed by atoms with van der Waals surface area (Å²) < 4.78 is 28.8. The fourth-order valence-corrected chi connectivity index (χ4v) is 5.06. The smallest absolute Gasteiger partial charge is 0.187 e. The van der Waals surface area contributed by atoms with Crippen molar-refractivity contribution in [3.05, 3.63) is 35.9 Å². The molecule has 3 aliphatic rings. The van der Waals surface area contributed by atoms with Gasteiger partial charge >= 0.3 is 0 Å². The summed E-state index contributed by atoms with van der Waals surface area (Å²) in [7, 11) is 0. The molecule has 3 aliphatic heterocycles. The van der Waals surface area contributed by atoms with Crippen LogP contribution in [0.3, 0.4) is 0 Å². The lowest BCUT2D eigenvalue weighted by Crippen LogP contribution is -2.65. The van der Waals surface area contributed by atoms with Crippen molar-refractivity contribution >= 4 is 11.8 Å². The predicted octanol–water partition coefficient (Wildman–Crippen LogP) is -0.875. The summed E-state index contributed by atoms with van der Waals surface area (Å²) in [6.45, 7) is 1.49. The van der Waals surface area contributed by atoms with Gasteiger partial charge in [-0.1, -0.05) is 37.3 Å². The third-order valence-electron chi connectivity index (χ3n) is 5.85. The highest BCUT2D eigenvalue weighted by Gasteiger charge is 2.52. The van der Waals surface area contributed by atoms with Crippen LogP contribution in [-0.2, 0) is 23.7 Å². The molecule has 0 saturated carbocycles. The first-order valence-corrected chi connectivity index (χ1v) is 11.7. The zero-order chi connectivity index (χ0) is 22.8. The Balaban J connectivity index is 1.43. The van der Waals surface area contributed by atoms with Gasteiger partial charge in [-0.2, -0.15) is 0 Å². The van der Waals surface area contributed by atoms with Gasteiger partial charge in [0.1, 0.15) is 54.3 Å². The molecule has 0 aliphatic carbocycles. The van der Waals surface area contributed by atoms with Crippen LogP contribution in [0.25, 0.3) is 0 Å². The van der Waals surface area contributed by atoms with Gasteiger partial charge in [0.2, 0.25) is 0 Å². The SMILES string of the molecule is CCS[C@@H]1O[C@H](CO)[C@@H](O[C@H]2O[C@@H]3COC(c4ccccc4)O[C@H]3[C@H](O)[C@H]2O)[C@H](O)[C@H]1O. The van der Waals surface area contributed by atoms with Crippen molar-refractivity contribution < 1.29 is 49.2 Å². The lowest BCUT2D eigenvalue weighted by atomic mass is 9.96. The van der Waals surface area contributed by atoms with Gasteiger partial charge in [-0.3, -0.25) is 0 Å². The standard InChI is InChI=1S/C21H30O10S/c1-2-32-21-16(26)14(24)17(11(8-22)29-21)31-20-15(25)13(23)18-12(28-20)9-27-19(30-18)10-6-4-3-5-7-10/h3-7,11-26H,2,8-9H2,1H3/t11-,12-,13-,14-,15-,16-,17-,18-,19?,20-,21+/m1/s1. The Morgan fingerprint density at radius 1 is 0.969 bits per heavy atom. The number of aliphatic hydroxyl groups is 5. The van der Waals surface area contributed by atoms with E-state index < -0.39 is 73.5 Å². The summed E-state index contributed by atoms with van der Waals surface area (Å²) in [4.78, 5) is 0. The van der Waals surface area contributed by atoms with E-state index >= 15 is 0 Å². The van der Waals surface area contributed by atoms with Gasteiger partial charge in [0.15, 0.2) is 12.6 Å². The molecule has 0 aromatic heterocycles. The van der Waals surface area contributed by atoms with E-state index in [0.717, 1.165) is 5.56 Å². The number of fused-ring (bicyclic) bond motifs is 1. The first-order valence-electron chi connectivity index (χ1n) is 10.7. The quantitative estimate of drug-likeness (QED) is 0.350. The van der Waals surface area contributed by atoms with Gasteiger partial charge < -0.3 is 49.2 Å². The van der Waals surface area contributed by atoms with E-state index in [1.807, 2.05) is 37.3 Å². The fourth-order valence-electron chi connectivity index (χ4n) is 4.15. The molecule has 1 aromatic carbocycles. The predicted molar refractivity (Wildman–Crippen MR) is 111 cm³/mol. The normalized spacial score (nSPS) is 44.8. The number of thioether (sulfide) groups is 1. The molecule has 4 rings (SSSR count). The summed E-state index contributed by atoms with van der Waals surface area (Å²) in [5.41, 5.74) is 0.0435. The van der Waals surface area contributed by atoms with Crippen molar-refractivity contribution in [2.24, 2.45) is 0 Å². The highest BCUT2D eigenvalue weighted by atomic mass is 32.2. The molecule has 10 nitrogen and oxygen atoms in total. The van der Waals surface area contributed by atoms with Crippen molar-refractivity contribution in [3.63, 3.8) is 0 Å². The van der Waals surface area contributed by atoms with Crippen molar-refractivity contribution in [1.29, 1.82) is 0 Å². The summed E-state index contributed by atoms with van der Waals surface area (Å²) in [5, 5.41) is 52.0. The number of hydrogen-bond acceptors (Lipinski definition) is 11. The van der Waals surface area contributed by atoms with E-state index in [1.165, 1.54) is 11.8 Å². The second-order valence-corrected chi connectivity index (χ2v) is 9.34. The summed E-state index contributed by atoms with van der Waals surface area (Å²) in [6, 6.07) is 9.21. The van der Waals surface area contributed by atoms with Crippen molar-refractivity contribution in [2.45, 2.75) is 73.8 Å².